The van der Waals surface area contributed by atoms with E-state index in [9.17, 15) is 9.90 Å². The first-order valence-corrected chi connectivity index (χ1v) is 10.8. The molecule has 2 atom stereocenters. The van der Waals surface area contributed by atoms with Crippen molar-refractivity contribution in [1.29, 1.82) is 5.26 Å². The number of ether oxygens (including phenoxy) is 1. The molecule has 3 aromatic rings. The minimum absolute atomic E-state index is 0.125. The smallest absolute Gasteiger partial charge is 0.326 e. The van der Waals surface area contributed by atoms with Gasteiger partial charge in [0.2, 0.25) is 0 Å². The summed E-state index contributed by atoms with van der Waals surface area (Å²) in [7, 11) is 0. The van der Waals surface area contributed by atoms with Crippen LogP contribution in [0.1, 0.15) is 18.4 Å². The molecule has 1 aliphatic heterocycles. The van der Waals surface area contributed by atoms with Crippen LogP contribution in [0.5, 0.6) is 5.75 Å². The Morgan fingerprint density at radius 2 is 2.16 bits per heavy atom. The molecule has 1 fully saturated rings. The fourth-order valence-electron chi connectivity index (χ4n) is 4.25. The van der Waals surface area contributed by atoms with Crippen molar-refractivity contribution in [2.45, 2.75) is 25.5 Å². The number of benzene rings is 2. The zero-order chi connectivity index (χ0) is 21.8. The fraction of sp³-hybridized carbons (Fsp3) is 0.391. The number of aromatic nitrogens is 2. The molecular formula is C23H25ClN4O3. The lowest BCUT2D eigenvalue weighted by Crippen LogP contribution is -2.43. The summed E-state index contributed by atoms with van der Waals surface area (Å²) in [6.45, 7) is 2.92. The number of nitrogens with zero attached hydrogens (tertiary/aromatic N) is 3. The highest BCUT2D eigenvalue weighted by Gasteiger charge is 2.23. The summed E-state index contributed by atoms with van der Waals surface area (Å²) in [6, 6.07) is 14.5. The van der Waals surface area contributed by atoms with E-state index < -0.39 is 6.10 Å². The van der Waals surface area contributed by atoms with Crippen molar-refractivity contribution >= 4 is 22.6 Å². The van der Waals surface area contributed by atoms with Gasteiger partial charge in [0.05, 0.1) is 16.6 Å². The fourth-order valence-corrected chi connectivity index (χ4v) is 4.42. The van der Waals surface area contributed by atoms with Gasteiger partial charge >= 0.3 is 5.69 Å². The monoisotopic (exact) mass is 440 g/mol. The minimum Gasteiger partial charge on any atom is -0.489 e. The Balaban J connectivity index is 1.35. The number of hydrogen-bond donors (Lipinski definition) is 2. The zero-order valence-corrected chi connectivity index (χ0v) is 17.9. The number of aliphatic hydroxyl groups is 1. The lowest BCUT2D eigenvalue weighted by Gasteiger charge is -2.34. The molecule has 0 spiro atoms. The van der Waals surface area contributed by atoms with Crippen LogP contribution in [0.25, 0.3) is 11.0 Å². The van der Waals surface area contributed by atoms with E-state index in [2.05, 4.69) is 16.0 Å². The molecule has 1 aromatic heterocycles. The Hall–Kier alpha value is -2.79. The molecule has 1 aliphatic rings. The predicted octanol–water partition coefficient (Wildman–Crippen LogP) is 3.01. The highest BCUT2D eigenvalue weighted by molar-refractivity contribution is 6.31. The van der Waals surface area contributed by atoms with Crippen LogP contribution in [0.2, 0.25) is 5.02 Å². The van der Waals surface area contributed by atoms with Gasteiger partial charge in [0.15, 0.2) is 0 Å². The normalized spacial score (nSPS) is 18.0. The first-order chi connectivity index (χ1) is 15.0. The van der Waals surface area contributed by atoms with Crippen molar-refractivity contribution in [3.8, 4) is 11.8 Å². The number of β-amino-alcohol motifs (C(OH)–C–C–N with tert-alkyl or cyclic N) is 1. The Morgan fingerprint density at radius 1 is 1.32 bits per heavy atom. The molecule has 2 heterocycles. The Bertz CT molecular complexity index is 1150. The van der Waals surface area contributed by atoms with E-state index in [0.717, 1.165) is 37.0 Å². The summed E-state index contributed by atoms with van der Waals surface area (Å²) in [6.07, 6.45) is 1.37. The largest absolute Gasteiger partial charge is 0.489 e. The molecule has 1 saturated heterocycles. The van der Waals surface area contributed by atoms with E-state index in [-0.39, 0.29) is 12.3 Å². The zero-order valence-electron chi connectivity index (χ0n) is 17.1. The van der Waals surface area contributed by atoms with E-state index in [1.807, 2.05) is 12.1 Å². The third-order valence-electron chi connectivity index (χ3n) is 5.69. The van der Waals surface area contributed by atoms with Crippen molar-refractivity contribution in [2.75, 3.05) is 26.2 Å². The molecule has 2 unspecified atom stereocenters. The van der Waals surface area contributed by atoms with Crippen molar-refractivity contribution in [3.05, 3.63) is 63.5 Å². The van der Waals surface area contributed by atoms with E-state index in [1.165, 1.54) is 0 Å². The molecule has 2 N–H and O–H groups in total. The van der Waals surface area contributed by atoms with E-state index in [0.29, 0.717) is 35.3 Å². The third-order valence-corrected chi connectivity index (χ3v) is 5.92. The number of likely N-dealkylation sites (tertiary alicyclic amines) is 1. The average Bonchev–Trinajstić information content (AvgIpc) is 3.07. The first-order valence-electron chi connectivity index (χ1n) is 10.4. The molecule has 0 amide bonds. The molecule has 31 heavy (non-hydrogen) atoms. The maximum absolute atomic E-state index is 12.4. The SMILES string of the molecule is N#Cc1ccccc1OCC(O)CN1CCCC(Cn2c(=O)[nH]c3ccc(Cl)cc32)C1. The van der Waals surface area contributed by atoms with Gasteiger partial charge in [0, 0.05) is 24.7 Å². The summed E-state index contributed by atoms with van der Waals surface area (Å²) in [5.74, 6) is 0.787. The molecule has 7 nitrogen and oxygen atoms in total. The van der Waals surface area contributed by atoms with E-state index in [1.54, 1.807) is 34.9 Å². The topological polar surface area (TPSA) is 94.3 Å². The number of fused-ring (bicyclic) bond motifs is 1. The summed E-state index contributed by atoms with van der Waals surface area (Å²) in [4.78, 5) is 17.5. The number of nitriles is 1. The second-order valence-corrected chi connectivity index (χ2v) is 8.48. The lowest BCUT2D eigenvalue weighted by atomic mass is 9.97. The number of halogens is 1. The standard InChI is InChI=1S/C23H25ClN4O3/c24-18-7-8-20-21(10-18)28(23(30)26-20)13-16-4-3-9-27(12-16)14-19(29)15-31-22-6-2-1-5-17(22)11-25/h1-2,5-8,10,16,19,29H,3-4,9,12-15H2,(H,26,30). The van der Waals surface area contributed by atoms with Crippen molar-refractivity contribution < 1.29 is 9.84 Å². The number of para-hydroxylation sites is 1. The van der Waals surface area contributed by atoms with Crippen molar-refractivity contribution in [3.63, 3.8) is 0 Å². The van der Waals surface area contributed by atoms with Crippen LogP contribution >= 0.6 is 11.6 Å². The first kappa shape index (κ1) is 21.4. The molecule has 0 radical (unpaired) electrons. The van der Waals surface area contributed by atoms with Crippen molar-refractivity contribution in [1.82, 2.24) is 14.5 Å². The maximum Gasteiger partial charge on any atom is 0.326 e. The van der Waals surface area contributed by atoms with Crippen LogP contribution in [-0.4, -0.2) is 51.9 Å². The number of nitrogens with one attached hydrogen (secondary N) is 1. The Kier molecular flexibility index (Phi) is 6.62. The molecular weight excluding hydrogens is 416 g/mol. The second kappa shape index (κ2) is 9.56. The third kappa shape index (κ3) is 5.10. The van der Waals surface area contributed by atoms with Gasteiger partial charge < -0.3 is 19.7 Å². The highest BCUT2D eigenvalue weighted by atomic mass is 35.5. The quantitative estimate of drug-likeness (QED) is 0.589. The van der Waals surface area contributed by atoms with Gasteiger partial charge in [-0.05, 0) is 55.6 Å². The number of rotatable bonds is 7. The van der Waals surface area contributed by atoms with Gasteiger partial charge in [-0.25, -0.2) is 4.79 Å². The Labute approximate surface area is 185 Å². The minimum atomic E-state index is -0.667. The molecule has 162 valence electrons. The van der Waals surface area contributed by atoms with Gasteiger partial charge in [-0.3, -0.25) is 4.57 Å². The molecule has 0 bridgehead atoms. The number of hydrogen-bond acceptors (Lipinski definition) is 5. The summed E-state index contributed by atoms with van der Waals surface area (Å²) in [5.41, 5.74) is 1.93. The number of imidazole rings is 1. The molecule has 8 heteroatoms. The highest BCUT2D eigenvalue weighted by Crippen LogP contribution is 2.22. The summed E-state index contributed by atoms with van der Waals surface area (Å²) < 4.78 is 7.41. The summed E-state index contributed by atoms with van der Waals surface area (Å²) >= 11 is 6.12. The van der Waals surface area contributed by atoms with Crippen LogP contribution in [0.4, 0.5) is 0 Å². The van der Waals surface area contributed by atoms with Gasteiger partial charge in [-0.1, -0.05) is 23.7 Å². The number of aliphatic hydroxyl groups excluding tert-OH is 1. The van der Waals surface area contributed by atoms with Crippen molar-refractivity contribution in [2.24, 2.45) is 5.92 Å². The number of aromatic amines is 1. The van der Waals surface area contributed by atoms with Crippen LogP contribution in [0, 0.1) is 17.2 Å². The van der Waals surface area contributed by atoms with E-state index in [4.69, 9.17) is 21.6 Å². The lowest BCUT2D eigenvalue weighted by molar-refractivity contribution is 0.0499. The number of piperidine rings is 1. The maximum atomic E-state index is 12.4. The van der Waals surface area contributed by atoms with Gasteiger partial charge in [-0.15, -0.1) is 0 Å². The van der Waals surface area contributed by atoms with Gasteiger partial charge in [0.1, 0.15) is 24.5 Å². The molecule has 0 saturated carbocycles. The van der Waals surface area contributed by atoms with Gasteiger partial charge in [-0.2, -0.15) is 5.26 Å². The van der Waals surface area contributed by atoms with Crippen LogP contribution < -0.4 is 10.4 Å². The molecule has 2 aromatic carbocycles. The van der Waals surface area contributed by atoms with Gasteiger partial charge in [0.25, 0.3) is 0 Å². The summed E-state index contributed by atoms with van der Waals surface area (Å²) in [5, 5.41) is 20.2. The number of H-pyrrole nitrogens is 1. The Morgan fingerprint density at radius 3 is 3.00 bits per heavy atom. The van der Waals surface area contributed by atoms with Crippen LogP contribution in [-0.2, 0) is 6.54 Å². The van der Waals surface area contributed by atoms with Crippen LogP contribution in [0.15, 0.2) is 47.3 Å². The predicted molar refractivity (Wildman–Crippen MR) is 119 cm³/mol. The second-order valence-electron chi connectivity index (χ2n) is 8.04. The van der Waals surface area contributed by atoms with E-state index >= 15 is 0 Å². The molecule has 0 aliphatic carbocycles. The molecule has 4 rings (SSSR count). The average molecular weight is 441 g/mol. The van der Waals surface area contributed by atoms with Crippen LogP contribution in [0.3, 0.4) is 0 Å².